The molecule has 1 aromatic carbocycles. The summed E-state index contributed by atoms with van der Waals surface area (Å²) in [6.07, 6.45) is 10.3. The van der Waals surface area contributed by atoms with E-state index in [-0.39, 0.29) is 5.54 Å². The number of likely N-dealkylation sites (N-methyl/N-ethyl adjacent to an activating group) is 1. The quantitative estimate of drug-likeness (QED) is 0.772. The van der Waals surface area contributed by atoms with Crippen LogP contribution in [-0.2, 0) is 25.8 Å². The molecule has 0 radical (unpaired) electrons. The third-order valence-electron chi connectivity index (χ3n) is 7.21. The van der Waals surface area contributed by atoms with Crippen LogP contribution in [0.2, 0.25) is 0 Å². The molecule has 1 atom stereocenters. The number of benzene rings is 1. The SMILES string of the molecule is CN(C)CC1Cc2c(cccc2N2CCC(C)(N)CC2)CN1.c1cnc2c(c1)CCCC2. The van der Waals surface area contributed by atoms with Gasteiger partial charge in [-0.1, -0.05) is 18.2 Å². The van der Waals surface area contributed by atoms with E-state index in [2.05, 4.69) is 65.4 Å². The first-order chi connectivity index (χ1) is 15.4. The van der Waals surface area contributed by atoms with Gasteiger partial charge in [0.1, 0.15) is 0 Å². The van der Waals surface area contributed by atoms with E-state index < -0.39 is 0 Å². The van der Waals surface area contributed by atoms with Gasteiger partial charge in [0.2, 0.25) is 0 Å². The van der Waals surface area contributed by atoms with E-state index in [1.807, 2.05) is 12.3 Å². The molecule has 3 N–H and O–H groups in total. The van der Waals surface area contributed by atoms with E-state index >= 15 is 0 Å². The fourth-order valence-electron chi connectivity index (χ4n) is 5.25. The zero-order valence-corrected chi connectivity index (χ0v) is 20.2. The number of anilines is 1. The molecule has 1 fully saturated rings. The molecule has 3 aliphatic rings. The van der Waals surface area contributed by atoms with Crippen molar-refractivity contribution in [2.45, 2.75) is 70.0 Å². The Morgan fingerprint density at radius 1 is 1.09 bits per heavy atom. The van der Waals surface area contributed by atoms with Gasteiger partial charge in [-0.15, -0.1) is 0 Å². The Balaban J connectivity index is 0.000000203. The van der Waals surface area contributed by atoms with Crippen LogP contribution >= 0.6 is 0 Å². The Hall–Kier alpha value is -1.95. The number of aryl methyl sites for hydroxylation is 2. The molecule has 5 heteroatoms. The molecule has 0 bridgehead atoms. The van der Waals surface area contributed by atoms with Crippen molar-refractivity contribution in [3.63, 3.8) is 0 Å². The van der Waals surface area contributed by atoms with E-state index in [0.29, 0.717) is 6.04 Å². The van der Waals surface area contributed by atoms with Crippen LogP contribution in [0.3, 0.4) is 0 Å². The Labute approximate surface area is 194 Å². The molecule has 174 valence electrons. The van der Waals surface area contributed by atoms with Crippen LogP contribution in [-0.4, -0.2) is 55.2 Å². The second-order valence-electron chi connectivity index (χ2n) is 10.4. The summed E-state index contributed by atoms with van der Waals surface area (Å²) in [5.41, 5.74) is 13.6. The molecule has 1 saturated heterocycles. The van der Waals surface area contributed by atoms with Crippen molar-refractivity contribution >= 4 is 5.69 Å². The number of rotatable bonds is 3. The molecular formula is C27H41N5. The maximum atomic E-state index is 6.29. The zero-order chi connectivity index (χ0) is 22.6. The Morgan fingerprint density at radius 3 is 2.59 bits per heavy atom. The molecule has 0 saturated carbocycles. The highest BCUT2D eigenvalue weighted by Crippen LogP contribution is 2.31. The Bertz CT molecular complexity index is 856. The number of nitrogens with zero attached hydrogens (tertiary/aromatic N) is 3. The molecule has 32 heavy (non-hydrogen) atoms. The summed E-state index contributed by atoms with van der Waals surface area (Å²) >= 11 is 0. The van der Waals surface area contributed by atoms with Crippen molar-refractivity contribution in [2.24, 2.45) is 5.73 Å². The highest BCUT2D eigenvalue weighted by molar-refractivity contribution is 5.58. The standard InChI is InChI=1S/C18H30N4.C9H11N/c1-18(19)7-9-22(10-8-18)17-6-4-5-14-12-20-15(11-16(14)17)13-21(2)3;1-2-6-9-8(4-1)5-3-7-10-9/h4-6,15,20H,7-13,19H2,1-3H3;3,5,7H,1-2,4,6H2. The van der Waals surface area contributed by atoms with Crippen LogP contribution < -0.4 is 16.0 Å². The van der Waals surface area contributed by atoms with Gasteiger partial charge in [0.05, 0.1) is 0 Å². The number of fused-ring (bicyclic) bond motifs is 2. The summed E-state index contributed by atoms with van der Waals surface area (Å²) in [6.45, 7) is 6.42. The highest BCUT2D eigenvalue weighted by atomic mass is 15.2. The third-order valence-corrected chi connectivity index (χ3v) is 7.21. The van der Waals surface area contributed by atoms with Crippen LogP contribution in [0.4, 0.5) is 5.69 Å². The monoisotopic (exact) mass is 435 g/mol. The van der Waals surface area contributed by atoms with Gasteiger partial charge in [-0.2, -0.15) is 0 Å². The molecule has 2 aliphatic heterocycles. The summed E-state index contributed by atoms with van der Waals surface area (Å²) in [4.78, 5) is 9.14. The molecule has 1 unspecified atom stereocenters. The Kier molecular flexibility index (Phi) is 7.49. The molecule has 3 heterocycles. The first-order valence-corrected chi connectivity index (χ1v) is 12.4. The molecule has 5 rings (SSSR count). The number of nitrogens with two attached hydrogens (primary N) is 1. The first kappa shape index (κ1) is 23.2. The predicted octanol–water partition coefficient (Wildman–Crippen LogP) is 3.54. The van der Waals surface area contributed by atoms with Gasteiger partial charge in [0, 0.05) is 55.3 Å². The van der Waals surface area contributed by atoms with E-state index in [4.69, 9.17) is 5.73 Å². The van der Waals surface area contributed by atoms with E-state index in [1.165, 1.54) is 48.2 Å². The summed E-state index contributed by atoms with van der Waals surface area (Å²) in [7, 11) is 4.30. The van der Waals surface area contributed by atoms with E-state index in [1.54, 1.807) is 5.56 Å². The summed E-state index contributed by atoms with van der Waals surface area (Å²) < 4.78 is 0. The van der Waals surface area contributed by atoms with Gasteiger partial charge in [-0.25, -0.2) is 0 Å². The molecular weight excluding hydrogens is 394 g/mol. The molecule has 0 spiro atoms. The number of hydrogen-bond acceptors (Lipinski definition) is 5. The van der Waals surface area contributed by atoms with Crippen LogP contribution in [0.5, 0.6) is 0 Å². The van der Waals surface area contributed by atoms with Crippen molar-refractivity contribution in [1.29, 1.82) is 0 Å². The second kappa shape index (κ2) is 10.3. The van der Waals surface area contributed by atoms with Crippen molar-refractivity contribution in [3.05, 3.63) is 58.9 Å². The number of pyridine rings is 1. The fraction of sp³-hybridized carbons (Fsp3) is 0.593. The highest BCUT2D eigenvalue weighted by Gasteiger charge is 2.29. The van der Waals surface area contributed by atoms with Crippen molar-refractivity contribution < 1.29 is 0 Å². The van der Waals surface area contributed by atoms with Crippen molar-refractivity contribution in [3.8, 4) is 0 Å². The number of nitrogens with one attached hydrogen (secondary N) is 1. The topological polar surface area (TPSA) is 57.4 Å². The largest absolute Gasteiger partial charge is 0.371 e. The average molecular weight is 436 g/mol. The second-order valence-corrected chi connectivity index (χ2v) is 10.4. The number of aromatic nitrogens is 1. The lowest BCUT2D eigenvalue weighted by Gasteiger charge is -2.40. The lowest BCUT2D eigenvalue weighted by Crippen LogP contribution is -2.49. The zero-order valence-electron chi connectivity index (χ0n) is 20.2. The fourth-order valence-corrected chi connectivity index (χ4v) is 5.25. The number of piperidine rings is 1. The van der Waals surface area contributed by atoms with Gasteiger partial charge in [0.25, 0.3) is 0 Å². The van der Waals surface area contributed by atoms with Gasteiger partial charge in [0.15, 0.2) is 0 Å². The van der Waals surface area contributed by atoms with Gasteiger partial charge in [-0.05, 0) is 94.8 Å². The lowest BCUT2D eigenvalue weighted by atomic mass is 9.88. The maximum absolute atomic E-state index is 6.29. The minimum Gasteiger partial charge on any atom is -0.371 e. The first-order valence-electron chi connectivity index (χ1n) is 12.4. The number of hydrogen-bond donors (Lipinski definition) is 2. The molecule has 2 aromatic rings. The normalized spacial score (nSPS) is 21.9. The third kappa shape index (κ3) is 5.89. The molecule has 5 nitrogen and oxygen atoms in total. The minimum atomic E-state index is 0.0142. The summed E-state index contributed by atoms with van der Waals surface area (Å²) in [5.74, 6) is 0. The summed E-state index contributed by atoms with van der Waals surface area (Å²) in [6, 6.07) is 11.6. The van der Waals surface area contributed by atoms with Gasteiger partial charge >= 0.3 is 0 Å². The van der Waals surface area contributed by atoms with Crippen LogP contribution in [0.25, 0.3) is 0 Å². The predicted molar refractivity (Wildman–Crippen MR) is 134 cm³/mol. The van der Waals surface area contributed by atoms with E-state index in [9.17, 15) is 0 Å². The lowest BCUT2D eigenvalue weighted by molar-refractivity contribution is 0.325. The van der Waals surface area contributed by atoms with Crippen molar-refractivity contribution in [2.75, 3.05) is 38.6 Å². The average Bonchev–Trinajstić information content (AvgIpc) is 2.79. The molecule has 1 aliphatic carbocycles. The van der Waals surface area contributed by atoms with E-state index in [0.717, 1.165) is 45.4 Å². The Morgan fingerprint density at radius 2 is 1.84 bits per heavy atom. The van der Waals surface area contributed by atoms with Gasteiger partial charge < -0.3 is 20.9 Å². The van der Waals surface area contributed by atoms with Crippen LogP contribution in [0.1, 0.15) is 55.0 Å². The molecule has 1 aromatic heterocycles. The van der Waals surface area contributed by atoms with Crippen LogP contribution in [0.15, 0.2) is 36.5 Å². The minimum absolute atomic E-state index is 0.0142. The smallest absolute Gasteiger partial charge is 0.0435 e. The van der Waals surface area contributed by atoms with Crippen LogP contribution in [0, 0.1) is 0 Å². The molecule has 0 amide bonds. The van der Waals surface area contributed by atoms with Crippen molar-refractivity contribution in [1.82, 2.24) is 15.2 Å². The maximum Gasteiger partial charge on any atom is 0.0435 e. The van der Waals surface area contributed by atoms with Gasteiger partial charge in [-0.3, -0.25) is 4.98 Å². The summed E-state index contributed by atoms with van der Waals surface area (Å²) in [5, 5.41) is 3.67.